The smallest absolute Gasteiger partial charge is 0.339 e. The van der Waals surface area contributed by atoms with Gasteiger partial charge in [0, 0.05) is 11.3 Å². The number of aliphatic hydroxyl groups is 1. The topological polar surface area (TPSA) is 101 Å². The second kappa shape index (κ2) is 4.66. The van der Waals surface area contributed by atoms with E-state index in [0.29, 0.717) is 6.42 Å². The van der Waals surface area contributed by atoms with E-state index in [-0.39, 0.29) is 6.42 Å². The van der Waals surface area contributed by atoms with Crippen LogP contribution >= 0.6 is 0 Å². The van der Waals surface area contributed by atoms with Gasteiger partial charge in [0.05, 0.1) is 0 Å². The molecule has 2 N–H and O–H groups in total. The van der Waals surface area contributed by atoms with Gasteiger partial charge >= 0.3 is 5.97 Å². The maximum Gasteiger partial charge on any atom is 0.339 e. The number of carboxylic acids is 1. The number of carboxylic acid groups (broad SMARTS) is 1. The summed E-state index contributed by atoms with van der Waals surface area (Å²) in [5.41, 5.74) is 0. The van der Waals surface area contributed by atoms with Crippen molar-refractivity contribution < 1.29 is 19.9 Å². The Morgan fingerprint density at radius 3 is 2.42 bits per heavy atom. The zero-order chi connectivity index (χ0) is 9.72. The van der Waals surface area contributed by atoms with E-state index in [1.807, 2.05) is 0 Å². The number of hydrogen-bond donors (Lipinski definition) is 2. The minimum Gasteiger partial charge on any atom is -0.479 e. The van der Waals surface area contributed by atoms with E-state index in [1.165, 1.54) is 0 Å². The summed E-state index contributed by atoms with van der Waals surface area (Å²) >= 11 is 0. The molecule has 0 rings (SSSR count). The van der Waals surface area contributed by atoms with E-state index in [9.17, 15) is 14.9 Å². The summed E-state index contributed by atoms with van der Waals surface area (Å²) in [5.74, 6) is -1.55. The van der Waals surface area contributed by atoms with Gasteiger partial charge in [0.25, 0.3) is 0 Å². The Morgan fingerprint density at radius 1 is 1.67 bits per heavy atom. The number of hydrogen-bond acceptors (Lipinski definition) is 4. The molecule has 0 aromatic carbocycles. The van der Waals surface area contributed by atoms with Gasteiger partial charge in [-0.2, -0.15) is 0 Å². The van der Waals surface area contributed by atoms with E-state index in [2.05, 4.69) is 0 Å². The second-order valence-corrected chi connectivity index (χ2v) is 2.42. The van der Waals surface area contributed by atoms with Gasteiger partial charge in [0.2, 0.25) is 12.1 Å². The first-order valence-electron chi connectivity index (χ1n) is 3.55. The molecular formula is C6H11NO5. The normalized spacial score (nSPS) is 15.2. The summed E-state index contributed by atoms with van der Waals surface area (Å²) in [6.07, 6.45) is -1.36. The maximum absolute atomic E-state index is 10.2. The minimum absolute atomic E-state index is 0.0699. The first-order valence-corrected chi connectivity index (χ1v) is 3.55. The summed E-state index contributed by atoms with van der Waals surface area (Å²) in [6, 6.07) is -1.40. The molecule has 0 heterocycles. The standard InChI is InChI=1S/C6H11NO5/c1-2-3-4(7(11)12)5(8)6(9)10/h4-5,8H,2-3H2,1H3,(H,9,10)/t4-,5-/m0/s1. The van der Waals surface area contributed by atoms with E-state index < -0.39 is 23.0 Å². The molecule has 0 aliphatic heterocycles. The summed E-state index contributed by atoms with van der Waals surface area (Å²) in [6.45, 7) is 1.69. The van der Waals surface area contributed by atoms with Crippen LogP contribution in [0.15, 0.2) is 0 Å². The first kappa shape index (κ1) is 10.8. The zero-order valence-corrected chi connectivity index (χ0v) is 6.64. The lowest BCUT2D eigenvalue weighted by Crippen LogP contribution is -2.39. The van der Waals surface area contributed by atoms with Gasteiger partial charge in [-0.3, -0.25) is 10.1 Å². The molecule has 12 heavy (non-hydrogen) atoms. The Bertz CT molecular complexity index is 181. The highest BCUT2D eigenvalue weighted by molar-refractivity contribution is 5.72. The number of nitrogens with zero attached hydrogens (tertiary/aromatic N) is 1. The lowest BCUT2D eigenvalue weighted by atomic mass is 10.1. The molecule has 0 aromatic rings. The SMILES string of the molecule is CCC[C@@H]([C@H](O)C(=O)O)[N+](=O)[O-]. The molecule has 6 heteroatoms. The maximum atomic E-state index is 10.2. The van der Waals surface area contributed by atoms with Crippen LogP contribution in [0, 0.1) is 10.1 Å². The number of carbonyl (C=O) groups is 1. The number of aliphatic hydroxyl groups excluding tert-OH is 1. The minimum atomic E-state index is -1.90. The molecule has 0 unspecified atom stereocenters. The number of aliphatic carboxylic acids is 1. The van der Waals surface area contributed by atoms with Crippen molar-refractivity contribution in [3.05, 3.63) is 10.1 Å². The molecule has 0 aliphatic rings. The Hall–Kier alpha value is -1.17. The number of nitro groups is 1. The molecule has 0 aliphatic carbocycles. The predicted molar refractivity (Wildman–Crippen MR) is 39.3 cm³/mol. The van der Waals surface area contributed by atoms with Crippen LogP contribution in [0.25, 0.3) is 0 Å². The van der Waals surface area contributed by atoms with Crippen LogP contribution in [0.2, 0.25) is 0 Å². The monoisotopic (exact) mass is 177 g/mol. The fourth-order valence-electron chi connectivity index (χ4n) is 0.839. The van der Waals surface area contributed by atoms with Crippen molar-refractivity contribution in [1.29, 1.82) is 0 Å². The molecule has 70 valence electrons. The molecule has 6 nitrogen and oxygen atoms in total. The summed E-state index contributed by atoms with van der Waals surface area (Å²) < 4.78 is 0. The average Bonchev–Trinajstić information content (AvgIpc) is 1.98. The van der Waals surface area contributed by atoms with Crippen molar-refractivity contribution in [2.75, 3.05) is 0 Å². The van der Waals surface area contributed by atoms with Gasteiger partial charge in [-0.25, -0.2) is 4.79 Å². The molecule has 0 bridgehead atoms. The van der Waals surface area contributed by atoms with Crippen LogP contribution in [0.5, 0.6) is 0 Å². The van der Waals surface area contributed by atoms with Gasteiger partial charge in [-0.05, 0) is 6.42 Å². The lowest BCUT2D eigenvalue weighted by Gasteiger charge is -2.10. The highest BCUT2D eigenvalue weighted by Crippen LogP contribution is 2.06. The van der Waals surface area contributed by atoms with Gasteiger partial charge < -0.3 is 10.2 Å². The fourth-order valence-corrected chi connectivity index (χ4v) is 0.839. The summed E-state index contributed by atoms with van der Waals surface area (Å²) in [7, 11) is 0. The van der Waals surface area contributed by atoms with Crippen LogP contribution < -0.4 is 0 Å². The third kappa shape index (κ3) is 2.83. The summed E-state index contributed by atoms with van der Waals surface area (Å²) in [5, 5.41) is 27.3. The van der Waals surface area contributed by atoms with E-state index in [0.717, 1.165) is 0 Å². The van der Waals surface area contributed by atoms with Crippen LogP contribution in [0.1, 0.15) is 19.8 Å². The molecule has 0 saturated carbocycles. The Morgan fingerprint density at radius 2 is 2.17 bits per heavy atom. The van der Waals surface area contributed by atoms with Crippen molar-refractivity contribution in [3.8, 4) is 0 Å². The Kier molecular flexibility index (Phi) is 4.20. The van der Waals surface area contributed by atoms with Gasteiger partial charge in [0.15, 0.2) is 0 Å². The van der Waals surface area contributed by atoms with Crippen molar-refractivity contribution in [2.45, 2.75) is 31.9 Å². The van der Waals surface area contributed by atoms with E-state index >= 15 is 0 Å². The van der Waals surface area contributed by atoms with E-state index in [4.69, 9.17) is 10.2 Å². The molecule has 0 aromatic heterocycles. The Balaban J connectivity index is 4.28. The van der Waals surface area contributed by atoms with Crippen LogP contribution in [-0.4, -0.2) is 33.3 Å². The molecule has 0 spiro atoms. The Labute approximate surface area is 69.0 Å². The zero-order valence-electron chi connectivity index (χ0n) is 6.64. The van der Waals surface area contributed by atoms with Gasteiger partial charge in [0.1, 0.15) is 0 Å². The number of rotatable bonds is 5. The summed E-state index contributed by atoms with van der Waals surface area (Å²) in [4.78, 5) is 19.6. The molecule has 0 radical (unpaired) electrons. The molecule has 0 fully saturated rings. The second-order valence-electron chi connectivity index (χ2n) is 2.42. The van der Waals surface area contributed by atoms with Crippen molar-refractivity contribution in [1.82, 2.24) is 0 Å². The molecule has 0 amide bonds. The third-order valence-electron chi connectivity index (χ3n) is 1.47. The van der Waals surface area contributed by atoms with Crippen molar-refractivity contribution in [3.63, 3.8) is 0 Å². The van der Waals surface area contributed by atoms with Gasteiger partial charge in [-0.1, -0.05) is 6.92 Å². The van der Waals surface area contributed by atoms with Crippen LogP contribution in [-0.2, 0) is 4.79 Å². The average molecular weight is 177 g/mol. The predicted octanol–water partition coefficient (Wildman–Crippen LogP) is -0.123. The van der Waals surface area contributed by atoms with Gasteiger partial charge in [-0.15, -0.1) is 0 Å². The largest absolute Gasteiger partial charge is 0.479 e. The quantitative estimate of drug-likeness (QED) is 0.450. The van der Waals surface area contributed by atoms with Crippen LogP contribution in [0.3, 0.4) is 0 Å². The van der Waals surface area contributed by atoms with Crippen molar-refractivity contribution >= 4 is 5.97 Å². The highest BCUT2D eigenvalue weighted by atomic mass is 16.6. The van der Waals surface area contributed by atoms with E-state index in [1.54, 1.807) is 6.92 Å². The highest BCUT2D eigenvalue weighted by Gasteiger charge is 2.34. The first-order chi connectivity index (χ1) is 5.50. The lowest BCUT2D eigenvalue weighted by molar-refractivity contribution is -0.532. The molecule has 0 saturated heterocycles. The molecule has 2 atom stereocenters. The van der Waals surface area contributed by atoms with Crippen molar-refractivity contribution in [2.24, 2.45) is 0 Å². The third-order valence-corrected chi connectivity index (χ3v) is 1.47. The molecular weight excluding hydrogens is 166 g/mol. The fraction of sp³-hybridized carbons (Fsp3) is 0.833. The van der Waals surface area contributed by atoms with Crippen LogP contribution in [0.4, 0.5) is 0 Å².